The molecule has 0 unspecified atom stereocenters. The summed E-state index contributed by atoms with van der Waals surface area (Å²) in [6, 6.07) is 24.2. The van der Waals surface area contributed by atoms with Gasteiger partial charge in [-0.15, -0.1) is 6.58 Å². The van der Waals surface area contributed by atoms with E-state index in [-0.39, 0.29) is 37.9 Å². The van der Waals surface area contributed by atoms with E-state index in [1.54, 1.807) is 6.92 Å². The summed E-state index contributed by atoms with van der Waals surface area (Å²) >= 11 is 0. The fourth-order valence-corrected chi connectivity index (χ4v) is 6.75. The molecule has 1 saturated heterocycles. The molecule has 5 rings (SSSR count). The van der Waals surface area contributed by atoms with E-state index in [0.29, 0.717) is 12.6 Å². The monoisotopic (exact) mass is 655 g/mol. The fraction of sp³-hybridized carbons (Fsp3) is 0.436. The van der Waals surface area contributed by atoms with Crippen molar-refractivity contribution in [1.29, 1.82) is 0 Å². The minimum absolute atomic E-state index is 0.00183. The van der Waals surface area contributed by atoms with Gasteiger partial charge in [0.25, 0.3) is 0 Å². The second kappa shape index (κ2) is 17.4. The van der Waals surface area contributed by atoms with E-state index < -0.39 is 18.3 Å². The van der Waals surface area contributed by atoms with E-state index in [9.17, 15) is 14.7 Å². The number of carbonyl (C=O) groups excluding carboxylic acids is 2. The van der Waals surface area contributed by atoms with Crippen LogP contribution in [-0.2, 0) is 32.2 Å². The number of hydrogen-bond acceptors (Lipinski definition) is 7. The van der Waals surface area contributed by atoms with Gasteiger partial charge in [-0.1, -0.05) is 98.6 Å². The van der Waals surface area contributed by atoms with Crippen molar-refractivity contribution in [2.45, 2.75) is 77.2 Å². The van der Waals surface area contributed by atoms with E-state index in [1.807, 2.05) is 54.6 Å². The normalized spacial score (nSPS) is 21.2. The molecule has 256 valence electrons. The Morgan fingerprint density at radius 1 is 0.979 bits per heavy atom. The minimum atomic E-state index is -0.558. The predicted molar refractivity (Wildman–Crippen MR) is 186 cm³/mol. The zero-order valence-corrected chi connectivity index (χ0v) is 28.1. The highest BCUT2D eigenvalue weighted by Crippen LogP contribution is 2.42. The molecule has 0 aromatic heterocycles. The number of rotatable bonds is 14. The Morgan fingerprint density at radius 2 is 1.69 bits per heavy atom. The molecule has 4 atom stereocenters. The highest BCUT2D eigenvalue weighted by molar-refractivity contribution is 5.81. The number of urea groups is 1. The fourth-order valence-electron chi connectivity index (χ4n) is 6.75. The molecular weight excluding hydrogens is 606 g/mol. The van der Waals surface area contributed by atoms with Gasteiger partial charge in [0.1, 0.15) is 6.54 Å². The van der Waals surface area contributed by atoms with Gasteiger partial charge in [-0.05, 0) is 47.6 Å². The molecular formula is C39H49N3O6. The summed E-state index contributed by atoms with van der Waals surface area (Å²) in [6.07, 6.45) is 6.13. The molecule has 0 spiro atoms. The van der Waals surface area contributed by atoms with Crippen LogP contribution in [0.25, 0.3) is 11.1 Å². The Kier molecular flexibility index (Phi) is 12.8. The number of nitrogens with one attached hydrogen (secondary N) is 2. The summed E-state index contributed by atoms with van der Waals surface area (Å²) in [6.45, 7) is 9.97. The molecule has 1 heterocycles. The summed E-state index contributed by atoms with van der Waals surface area (Å²) in [5.41, 5.74) is 5.80. The molecule has 2 amide bonds. The van der Waals surface area contributed by atoms with E-state index in [1.165, 1.54) is 25.7 Å². The molecule has 1 aliphatic carbocycles. The maximum Gasteiger partial charge on any atom is 0.325 e. The molecule has 3 aromatic carbocycles. The third-order valence-corrected chi connectivity index (χ3v) is 9.39. The van der Waals surface area contributed by atoms with Crippen molar-refractivity contribution in [3.05, 3.63) is 108 Å². The lowest BCUT2D eigenvalue weighted by Gasteiger charge is -2.43. The minimum Gasteiger partial charge on any atom is -0.465 e. The Labute approximate surface area is 284 Å². The van der Waals surface area contributed by atoms with Crippen LogP contribution < -0.4 is 10.6 Å². The van der Waals surface area contributed by atoms with Crippen LogP contribution in [-0.4, -0.2) is 60.4 Å². The average Bonchev–Trinajstić information content (AvgIpc) is 3.66. The third kappa shape index (κ3) is 9.11. The number of aliphatic hydroxyl groups excluding tert-OH is 1. The van der Waals surface area contributed by atoms with Gasteiger partial charge in [-0.3, -0.25) is 9.69 Å². The van der Waals surface area contributed by atoms with Crippen molar-refractivity contribution in [2.75, 3.05) is 26.2 Å². The molecule has 9 heteroatoms. The lowest BCUT2D eigenvalue weighted by atomic mass is 9.89. The lowest BCUT2D eigenvalue weighted by Crippen LogP contribution is -2.47. The van der Waals surface area contributed by atoms with Crippen molar-refractivity contribution < 1.29 is 28.9 Å². The second-order valence-electron chi connectivity index (χ2n) is 12.6. The Balaban J connectivity index is 1.33. The topological polar surface area (TPSA) is 109 Å². The number of aliphatic hydroxyl groups is 1. The zero-order chi connectivity index (χ0) is 33.9. The predicted octanol–water partition coefficient (Wildman–Crippen LogP) is 6.43. The van der Waals surface area contributed by atoms with Gasteiger partial charge in [0.2, 0.25) is 0 Å². The molecule has 9 nitrogen and oxygen atoms in total. The number of amides is 2. The van der Waals surface area contributed by atoms with Crippen LogP contribution in [0.3, 0.4) is 0 Å². The van der Waals surface area contributed by atoms with Gasteiger partial charge < -0.3 is 30.0 Å². The van der Waals surface area contributed by atoms with Gasteiger partial charge in [-0.25, -0.2) is 4.79 Å². The maximum atomic E-state index is 12.3. The van der Waals surface area contributed by atoms with Crippen LogP contribution in [0.1, 0.15) is 74.2 Å². The molecule has 2 fully saturated rings. The quantitative estimate of drug-likeness (QED) is 0.136. The Bertz CT molecular complexity index is 1490. The van der Waals surface area contributed by atoms with Gasteiger partial charge in [0.15, 0.2) is 6.29 Å². The summed E-state index contributed by atoms with van der Waals surface area (Å²) < 4.78 is 18.4. The van der Waals surface area contributed by atoms with Gasteiger partial charge in [0, 0.05) is 37.2 Å². The van der Waals surface area contributed by atoms with E-state index >= 15 is 0 Å². The molecule has 1 saturated carbocycles. The van der Waals surface area contributed by atoms with Gasteiger partial charge in [0.05, 0.1) is 25.4 Å². The van der Waals surface area contributed by atoms with Crippen molar-refractivity contribution in [2.24, 2.45) is 5.92 Å². The largest absolute Gasteiger partial charge is 0.465 e. The molecule has 0 radical (unpaired) electrons. The van der Waals surface area contributed by atoms with Crippen LogP contribution >= 0.6 is 0 Å². The molecule has 3 N–H and O–H groups in total. The number of nitrogens with zero attached hydrogens (tertiary/aromatic N) is 1. The van der Waals surface area contributed by atoms with E-state index in [2.05, 4.69) is 53.3 Å². The second-order valence-corrected chi connectivity index (χ2v) is 12.6. The zero-order valence-electron chi connectivity index (χ0n) is 28.1. The first-order valence-electron chi connectivity index (χ1n) is 17.1. The van der Waals surface area contributed by atoms with Crippen LogP contribution in [0.4, 0.5) is 4.79 Å². The summed E-state index contributed by atoms with van der Waals surface area (Å²) in [5.74, 6) is -0.378. The summed E-state index contributed by atoms with van der Waals surface area (Å²) in [4.78, 5) is 26.4. The number of carbonyl (C=O) groups is 2. The van der Waals surface area contributed by atoms with Crippen LogP contribution in [0.5, 0.6) is 0 Å². The standard InChI is InChI=1S/C39H49N3O6/c1-4-22-42(33-11-7-8-12-33)25-35-27(3)37(30-16-14-28(26-43)15-17-30)48-38(47-35)31-20-18-29(19-21-31)34-13-9-6-10-32(34)23-40-39(45)41-24-36(44)46-5-2/h4,6,9-10,13-21,27,33,35,37-38,43H,1,5,7-8,11-12,22-26H2,2-3H3,(H2,40,41,45)/t27-,35+,37+,38+/m1/s1. The van der Waals surface area contributed by atoms with Gasteiger partial charge >= 0.3 is 12.0 Å². The van der Waals surface area contributed by atoms with Gasteiger partial charge in [-0.2, -0.15) is 0 Å². The van der Waals surface area contributed by atoms with Crippen LogP contribution in [0.15, 0.2) is 85.5 Å². The SMILES string of the molecule is C=CCN(C[C@@H]1O[C@H](c2ccc(-c3ccccc3CNC(=O)NCC(=O)OCC)cc2)O[C@H](c2ccc(CO)cc2)[C@@H]1C)C1CCCC1. The molecule has 0 bridgehead atoms. The third-order valence-electron chi connectivity index (χ3n) is 9.39. The highest BCUT2D eigenvalue weighted by Gasteiger charge is 2.40. The number of esters is 1. The molecule has 2 aliphatic rings. The number of benzene rings is 3. The van der Waals surface area contributed by atoms with Crippen molar-refractivity contribution in [3.8, 4) is 11.1 Å². The molecule has 1 aliphatic heterocycles. The number of hydrogen-bond donors (Lipinski definition) is 3. The van der Waals surface area contributed by atoms with Crippen molar-refractivity contribution in [3.63, 3.8) is 0 Å². The maximum absolute atomic E-state index is 12.3. The average molecular weight is 656 g/mol. The van der Waals surface area contributed by atoms with E-state index in [0.717, 1.165) is 46.5 Å². The van der Waals surface area contributed by atoms with Crippen molar-refractivity contribution in [1.82, 2.24) is 15.5 Å². The first-order chi connectivity index (χ1) is 23.4. The molecule has 3 aromatic rings. The summed E-state index contributed by atoms with van der Waals surface area (Å²) in [5, 5.41) is 15.0. The number of ether oxygens (including phenoxy) is 3. The Hall–Kier alpha value is -4.02. The first-order valence-corrected chi connectivity index (χ1v) is 17.1. The summed E-state index contributed by atoms with van der Waals surface area (Å²) in [7, 11) is 0. The van der Waals surface area contributed by atoms with Crippen molar-refractivity contribution >= 4 is 12.0 Å². The Morgan fingerprint density at radius 3 is 2.38 bits per heavy atom. The highest BCUT2D eigenvalue weighted by atomic mass is 16.7. The van der Waals surface area contributed by atoms with Crippen LogP contribution in [0, 0.1) is 5.92 Å². The lowest BCUT2D eigenvalue weighted by molar-refractivity contribution is -0.276. The first kappa shape index (κ1) is 35.3. The van der Waals surface area contributed by atoms with Crippen LogP contribution in [0.2, 0.25) is 0 Å². The molecule has 48 heavy (non-hydrogen) atoms. The van der Waals surface area contributed by atoms with E-state index in [4.69, 9.17) is 14.2 Å². The smallest absolute Gasteiger partial charge is 0.325 e.